The average molecular weight is 284 g/mol. The summed E-state index contributed by atoms with van der Waals surface area (Å²) in [7, 11) is -1.34. The normalized spacial score (nSPS) is 12.3. The van der Waals surface area contributed by atoms with E-state index in [0.717, 1.165) is 0 Å². The van der Waals surface area contributed by atoms with Crippen LogP contribution in [-0.2, 0) is 16.6 Å². The molecule has 0 saturated heterocycles. The molecule has 18 heavy (non-hydrogen) atoms. The van der Waals surface area contributed by atoms with Crippen LogP contribution in [0.3, 0.4) is 0 Å². The Morgan fingerprint density at radius 3 is 2.67 bits per heavy atom. The van der Waals surface area contributed by atoms with Crippen LogP contribution >= 0.6 is 11.6 Å². The van der Waals surface area contributed by atoms with E-state index in [1.807, 2.05) is 0 Å². The molecule has 0 bridgehead atoms. The quantitative estimate of drug-likeness (QED) is 0.878. The molecule has 0 spiro atoms. The lowest BCUT2D eigenvalue weighted by Crippen LogP contribution is -2.01. The zero-order chi connectivity index (χ0) is 13.1. The van der Waals surface area contributed by atoms with Crippen LogP contribution in [0.5, 0.6) is 0 Å². The van der Waals surface area contributed by atoms with Crippen molar-refractivity contribution in [1.29, 1.82) is 0 Å². The summed E-state index contributed by atoms with van der Waals surface area (Å²) in [6, 6.07) is 11.4. The molecule has 2 N–H and O–H groups in total. The molecule has 0 fully saturated rings. The maximum Gasteiger partial charge on any atom is 0.150 e. The third-order valence-corrected chi connectivity index (χ3v) is 4.04. The maximum absolute atomic E-state index is 13.7. The molecule has 0 saturated carbocycles. The Morgan fingerprint density at radius 2 is 1.94 bits per heavy atom. The third-order valence-electron chi connectivity index (χ3n) is 2.45. The van der Waals surface area contributed by atoms with E-state index in [1.54, 1.807) is 36.4 Å². The SMILES string of the molecule is Nc1cccc(CS(=O)c2cccc(Cl)c2)c1F. The summed E-state index contributed by atoms with van der Waals surface area (Å²) in [6.45, 7) is 0. The van der Waals surface area contributed by atoms with E-state index in [2.05, 4.69) is 0 Å². The topological polar surface area (TPSA) is 43.1 Å². The Labute approximate surface area is 112 Å². The molecular weight excluding hydrogens is 273 g/mol. The molecule has 0 aliphatic carbocycles. The molecule has 2 nitrogen and oxygen atoms in total. The van der Waals surface area contributed by atoms with Crippen molar-refractivity contribution >= 4 is 28.1 Å². The third kappa shape index (κ3) is 2.89. The minimum atomic E-state index is -1.34. The highest BCUT2D eigenvalue weighted by atomic mass is 35.5. The van der Waals surface area contributed by atoms with Crippen LogP contribution in [0.2, 0.25) is 5.02 Å². The van der Waals surface area contributed by atoms with Crippen molar-refractivity contribution in [3.63, 3.8) is 0 Å². The van der Waals surface area contributed by atoms with Crippen molar-refractivity contribution in [3.05, 3.63) is 58.9 Å². The van der Waals surface area contributed by atoms with Gasteiger partial charge in [-0.15, -0.1) is 0 Å². The van der Waals surface area contributed by atoms with E-state index >= 15 is 0 Å². The maximum atomic E-state index is 13.7. The number of hydrogen-bond acceptors (Lipinski definition) is 2. The minimum absolute atomic E-state index is 0.0654. The van der Waals surface area contributed by atoms with E-state index in [0.29, 0.717) is 15.5 Å². The lowest BCUT2D eigenvalue weighted by atomic mass is 10.2. The molecule has 0 aliphatic heterocycles. The van der Waals surface area contributed by atoms with Crippen molar-refractivity contribution in [1.82, 2.24) is 0 Å². The second-order valence-electron chi connectivity index (χ2n) is 3.77. The molecule has 5 heteroatoms. The fraction of sp³-hybridized carbons (Fsp3) is 0.0769. The number of nitrogen functional groups attached to an aromatic ring is 1. The smallest absolute Gasteiger partial charge is 0.150 e. The monoisotopic (exact) mass is 283 g/mol. The second-order valence-corrected chi connectivity index (χ2v) is 5.66. The van der Waals surface area contributed by atoms with Gasteiger partial charge in [-0.1, -0.05) is 29.8 Å². The summed E-state index contributed by atoms with van der Waals surface area (Å²) in [6.07, 6.45) is 0. The van der Waals surface area contributed by atoms with Gasteiger partial charge in [-0.25, -0.2) is 4.39 Å². The highest BCUT2D eigenvalue weighted by Crippen LogP contribution is 2.20. The number of halogens is 2. The second kappa shape index (κ2) is 5.50. The predicted molar refractivity (Wildman–Crippen MR) is 72.4 cm³/mol. The van der Waals surface area contributed by atoms with Crippen LogP contribution in [0.4, 0.5) is 10.1 Å². The van der Waals surface area contributed by atoms with Gasteiger partial charge in [0.15, 0.2) is 0 Å². The van der Waals surface area contributed by atoms with Crippen molar-refractivity contribution in [2.45, 2.75) is 10.6 Å². The van der Waals surface area contributed by atoms with Crippen molar-refractivity contribution < 1.29 is 8.60 Å². The predicted octanol–water partition coefficient (Wildman–Crippen LogP) is 3.37. The molecule has 0 aliphatic rings. The molecule has 2 aromatic carbocycles. The van der Waals surface area contributed by atoms with E-state index in [1.165, 1.54) is 6.07 Å². The number of hydrogen-bond donors (Lipinski definition) is 1. The van der Waals surface area contributed by atoms with Gasteiger partial charge in [-0.3, -0.25) is 4.21 Å². The van der Waals surface area contributed by atoms with Crippen LogP contribution in [0.1, 0.15) is 5.56 Å². The molecule has 1 atom stereocenters. The fourth-order valence-electron chi connectivity index (χ4n) is 1.54. The largest absolute Gasteiger partial charge is 0.396 e. The summed E-state index contributed by atoms with van der Waals surface area (Å²) < 4.78 is 25.7. The lowest BCUT2D eigenvalue weighted by Gasteiger charge is -2.06. The first-order valence-electron chi connectivity index (χ1n) is 5.25. The van der Waals surface area contributed by atoms with Gasteiger partial charge in [0, 0.05) is 15.5 Å². The first kappa shape index (κ1) is 13.1. The summed E-state index contributed by atoms with van der Waals surface area (Å²) in [5, 5.41) is 0.508. The van der Waals surface area contributed by atoms with E-state index < -0.39 is 16.6 Å². The Bertz CT molecular complexity index is 603. The zero-order valence-electron chi connectivity index (χ0n) is 9.40. The molecular formula is C13H11ClFNOS. The van der Waals surface area contributed by atoms with Gasteiger partial charge in [-0.2, -0.15) is 0 Å². The molecule has 0 aromatic heterocycles. The molecule has 0 heterocycles. The number of benzene rings is 2. The molecule has 0 radical (unpaired) electrons. The summed E-state index contributed by atoms with van der Waals surface area (Å²) in [4.78, 5) is 0.573. The number of nitrogens with two attached hydrogens (primary N) is 1. The molecule has 2 aromatic rings. The molecule has 1 unspecified atom stereocenters. The van der Waals surface area contributed by atoms with Gasteiger partial charge in [0.05, 0.1) is 22.2 Å². The Kier molecular flexibility index (Phi) is 3.99. The van der Waals surface area contributed by atoms with Crippen LogP contribution in [0.15, 0.2) is 47.4 Å². The zero-order valence-corrected chi connectivity index (χ0v) is 11.0. The lowest BCUT2D eigenvalue weighted by molar-refractivity contribution is 0.620. The molecule has 94 valence electrons. The average Bonchev–Trinajstić information content (AvgIpc) is 2.35. The summed E-state index contributed by atoms with van der Waals surface area (Å²) >= 11 is 5.82. The fourth-order valence-corrected chi connectivity index (χ4v) is 2.96. The van der Waals surface area contributed by atoms with E-state index in [-0.39, 0.29) is 11.4 Å². The van der Waals surface area contributed by atoms with E-state index in [9.17, 15) is 8.60 Å². The van der Waals surface area contributed by atoms with Gasteiger partial charge in [-0.05, 0) is 24.3 Å². The summed E-state index contributed by atoms with van der Waals surface area (Å²) in [5.74, 6) is -0.426. The standard InChI is InChI=1S/C13H11ClFNOS/c14-10-4-2-5-11(7-10)18(17)8-9-3-1-6-12(16)13(9)15/h1-7H,8,16H2. The van der Waals surface area contributed by atoms with Gasteiger partial charge in [0.1, 0.15) is 5.82 Å². The van der Waals surface area contributed by atoms with Gasteiger partial charge in [0.25, 0.3) is 0 Å². The molecule has 2 rings (SSSR count). The Hall–Kier alpha value is -1.39. The summed E-state index contributed by atoms with van der Waals surface area (Å²) in [5.41, 5.74) is 5.87. The molecule has 0 amide bonds. The Balaban J connectivity index is 2.24. The van der Waals surface area contributed by atoms with E-state index in [4.69, 9.17) is 17.3 Å². The van der Waals surface area contributed by atoms with Gasteiger partial charge in [0.2, 0.25) is 0 Å². The highest BCUT2D eigenvalue weighted by Gasteiger charge is 2.11. The highest BCUT2D eigenvalue weighted by molar-refractivity contribution is 7.84. The van der Waals surface area contributed by atoms with Crippen molar-refractivity contribution in [3.8, 4) is 0 Å². The van der Waals surface area contributed by atoms with Gasteiger partial charge >= 0.3 is 0 Å². The van der Waals surface area contributed by atoms with Crippen LogP contribution in [-0.4, -0.2) is 4.21 Å². The van der Waals surface area contributed by atoms with Gasteiger partial charge < -0.3 is 5.73 Å². The van der Waals surface area contributed by atoms with Crippen LogP contribution in [0, 0.1) is 5.82 Å². The van der Waals surface area contributed by atoms with Crippen molar-refractivity contribution in [2.24, 2.45) is 0 Å². The Morgan fingerprint density at radius 1 is 1.22 bits per heavy atom. The van der Waals surface area contributed by atoms with Crippen LogP contribution in [0.25, 0.3) is 0 Å². The number of anilines is 1. The minimum Gasteiger partial charge on any atom is -0.396 e. The number of rotatable bonds is 3. The van der Waals surface area contributed by atoms with Crippen LogP contribution < -0.4 is 5.73 Å². The first-order valence-corrected chi connectivity index (χ1v) is 6.94. The first-order chi connectivity index (χ1) is 8.58. The van der Waals surface area contributed by atoms with Crippen molar-refractivity contribution in [2.75, 3.05) is 5.73 Å².